The molecule has 1 saturated heterocycles. The van der Waals surface area contributed by atoms with Crippen LogP contribution in [-0.2, 0) is 24.4 Å². The van der Waals surface area contributed by atoms with Crippen LogP contribution in [0.5, 0.6) is 5.75 Å². The number of nitriles is 1. The van der Waals surface area contributed by atoms with Crippen molar-refractivity contribution in [2.24, 2.45) is 0 Å². The molecule has 4 rings (SSSR count). The molecule has 8 nitrogen and oxygen atoms in total. The Morgan fingerprint density at radius 3 is 2.85 bits per heavy atom. The highest BCUT2D eigenvalue weighted by atomic mass is 16.6. The normalized spacial score (nSPS) is 15.2. The lowest BCUT2D eigenvalue weighted by Crippen LogP contribution is -2.35. The summed E-state index contributed by atoms with van der Waals surface area (Å²) in [5, 5.41) is 12.5. The molecule has 8 heteroatoms. The van der Waals surface area contributed by atoms with Crippen LogP contribution in [0.1, 0.15) is 35.7 Å². The second-order valence-electron chi connectivity index (χ2n) is 8.23. The van der Waals surface area contributed by atoms with Gasteiger partial charge in [-0.15, -0.1) is 0 Å². The first-order chi connectivity index (χ1) is 16.7. The van der Waals surface area contributed by atoms with Gasteiger partial charge in [-0.3, -0.25) is 0 Å². The van der Waals surface area contributed by atoms with Crippen molar-refractivity contribution < 1.29 is 14.3 Å². The molecule has 34 heavy (non-hydrogen) atoms. The monoisotopic (exact) mass is 459 g/mol. The highest BCUT2D eigenvalue weighted by Crippen LogP contribution is 2.20. The average molecular weight is 460 g/mol. The number of para-hydroxylation sites is 1. The summed E-state index contributed by atoms with van der Waals surface area (Å²) < 4.78 is 13.2. The molecule has 0 radical (unpaired) electrons. The number of carbonyl (C=O) groups excluding carboxylic acids is 1. The Hall–Kier alpha value is -3.83. The zero-order valence-corrected chi connectivity index (χ0v) is 19.3. The molecule has 1 amide bonds. The Morgan fingerprint density at radius 2 is 2.06 bits per heavy atom. The zero-order valence-electron chi connectivity index (χ0n) is 19.3. The third kappa shape index (κ3) is 5.94. The summed E-state index contributed by atoms with van der Waals surface area (Å²) in [7, 11) is 0. The molecule has 1 fully saturated rings. The number of amides is 1. The number of imidazole rings is 1. The second-order valence-corrected chi connectivity index (χ2v) is 8.23. The Balaban J connectivity index is 1.24. The number of nitrogens with zero attached hydrogens (tertiary/aromatic N) is 4. The van der Waals surface area contributed by atoms with E-state index in [-0.39, 0.29) is 18.7 Å². The van der Waals surface area contributed by atoms with Crippen molar-refractivity contribution in [1.82, 2.24) is 19.8 Å². The molecule has 1 unspecified atom stereocenters. The number of hydrogen-bond donors (Lipinski definition) is 1. The molecule has 176 valence electrons. The first kappa shape index (κ1) is 23.3. The molecule has 0 bridgehead atoms. The fraction of sp³-hybridized carbons (Fsp3) is 0.346. The maximum absolute atomic E-state index is 12.6. The number of benzene rings is 2. The van der Waals surface area contributed by atoms with E-state index in [0.29, 0.717) is 38.3 Å². The number of nitrogens with one attached hydrogen (secondary N) is 1. The molecule has 1 aromatic heterocycles. The van der Waals surface area contributed by atoms with Crippen LogP contribution in [0.4, 0.5) is 4.79 Å². The van der Waals surface area contributed by atoms with Crippen molar-refractivity contribution in [3.8, 4) is 11.8 Å². The minimum atomic E-state index is -0.304. The van der Waals surface area contributed by atoms with Crippen LogP contribution in [0, 0.1) is 11.3 Å². The molecule has 0 aliphatic carbocycles. The number of likely N-dealkylation sites (tertiary alicyclic amines) is 1. The van der Waals surface area contributed by atoms with Crippen LogP contribution >= 0.6 is 0 Å². The van der Waals surface area contributed by atoms with Gasteiger partial charge in [0.15, 0.2) is 0 Å². The SMILES string of the molecule is CCOc1ccccc1COC(=O)N1CCC(NCc2cncn2Cc2ccc(C#N)cc2)C1. The molecule has 1 atom stereocenters. The Kier molecular flexibility index (Phi) is 7.79. The lowest BCUT2D eigenvalue weighted by Gasteiger charge is -2.18. The molecule has 2 heterocycles. The van der Waals surface area contributed by atoms with Crippen molar-refractivity contribution >= 4 is 6.09 Å². The Bertz CT molecular complexity index is 1140. The van der Waals surface area contributed by atoms with Crippen LogP contribution in [0.2, 0.25) is 0 Å². The molecule has 0 spiro atoms. The van der Waals surface area contributed by atoms with E-state index in [0.717, 1.165) is 29.0 Å². The molecule has 1 aliphatic heterocycles. The van der Waals surface area contributed by atoms with Gasteiger partial charge >= 0.3 is 6.09 Å². The second kappa shape index (κ2) is 11.3. The van der Waals surface area contributed by atoms with Gasteiger partial charge in [-0.05, 0) is 37.1 Å². The summed E-state index contributed by atoms with van der Waals surface area (Å²) in [6.07, 6.45) is 4.23. The van der Waals surface area contributed by atoms with Gasteiger partial charge in [0.1, 0.15) is 12.4 Å². The highest BCUT2D eigenvalue weighted by molar-refractivity contribution is 5.68. The van der Waals surface area contributed by atoms with Gasteiger partial charge in [0.2, 0.25) is 0 Å². The third-order valence-electron chi connectivity index (χ3n) is 5.88. The third-order valence-corrected chi connectivity index (χ3v) is 5.88. The van der Waals surface area contributed by atoms with E-state index in [1.165, 1.54) is 0 Å². The molecular formula is C26H29N5O3. The topological polar surface area (TPSA) is 92.4 Å². The van der Waals surface area contributed by atoms with Gasteiger partial charge in [0.05, 0.1) is 30.3 Å². The molecule has 2 aromatic carbocycles. The minimum Gasteiger partial charge on any atom is -0.493 e. The van der Waals surface area contributed by atoms with Gasteiger partial charge < -0.3 is 24.3 Å². The number of hydrogen-bond acceptors (Lipinski definition) is 6. The highest BCUT2D eigenvalue weighted by Gasteiger charge is 2.27. The van der Waals surface area contributed by atoms with Crippen LogP contribution < -0.4 is 10.1 Å². The Labute approximate surface area is 199 Å². The van der Waals surface area contributed by atoms with Gasteiger partial charge in [0, 0.05) is 44.0 Å². The van der Waals surface area contributed by atoms with E-state index in [9.17, 15) is 4.79 Å². The molecule has 1 N–H and O–H groups in total. The van der Waals surface area contributed by atoms with Crippen LogP contribution in [0.3, 0.4) is 0 Å². The van der Waals surface area contributed by atoms with E-state index in [1.807, 2.05) is 68.0 Å². The predicted octanol–water partition coefficient (Wildman–Crippen LogP) is 3.70. The summed E-state index contributed by atoms with van der Waals surface area (Å²) in [4.78, 5) is 18.6. The fourth-order valence-electron chi connectivity index (χ4n) is 4.01. The largest absolute Gasteiger partial charge is 0.493 e. The van der Waals surface area contributed by atoms with Gasteiger partial charge in [-0.25, -0.2) is 9.78 Å². The molecule has 0 saturated carbocycles. The zero-order chi connectivity index (χ0) is 23.8. The maximum atomic E-state index is 12.6. The van der Waals surface area contributed by atoms with E-state index < -0.39 is 0 Å². The molecule has 3 aromatic rings. The van der Waals surface area contributed by atoms with E-state index in [2.05, 4.69) is 20.9 Å². The van der Waals surface area contributed by atoms with E-state index in [4.69, 9.17) is 14.7 Å². The number of rotatable bonds is 9. The quantitative estimate of drug-likeness (QED) is 0.525. The molecular weight excluding hydrogens is 430 g/mol. The summed E-state index contributed by atoms with van der Waals surface area (Å²) >= 11 is 0. The summed E-state index contributed by atoms with van der Waals surface area (Å²) in [6.45, 7) is 5.31. The smallest absolute Gasteiger partial charge is 0.410 e. The van der Waals surface area contributed by atoms with Crippen molar-refractivity contribution in [3.05, 3.63) is 83.4 Å². The van der Waals surface area contributed by atoms with Crippen LogP contribution in [0.15, 0.2) is 61.1 Å². The fourth-order valence-corrected chi connectivity index (χ4v) is 4.01. The lowest BCUT2D eigenvalue weighted by atomic mass is 10.1. The standard InChI is InChI=1S/C26H29N5O3/c1-2-33-25-6-4-3-5-22(25)18-34-26(32)30-12-11-23(17-30)29-15-24-14-28-19-31(24)16-21-9-7-20(13-27)8-10-21/h3-10,14,19,23,29H,2,11-12,15-18H2,1H3. The van der Waals surface area contributed by atoms with E-state index in [1.54, 1.807) is 4.90 Å². The average Bonchev–Trinajstić information content (AvgIpc) is 3.52. The van der Waals surface area contributed by atoms with Gasteiger partial charge in [0.25, 0.3) is 0 Å². The van der Waals surface area contributed by atoms with Crippen molar-refractivity contribution in [3.63, 3.8) is 0 Å². The van der Waals surface area contributed by atoms with Crippen LogP contribution in [-0.4, -0.2) is 46.3 Å². The summed E-state index contributed by atoms with van der Waals surface area (Å²) in [6, 6.07) is 17.5. The van der Waals surface area contributed by atoms with Gasteiger partial charge in [-0.2, -0.15) is 5.26 Å². The van der Waals surface area contributed by atoms with Crippen molar-refractivity contribution in [2.75, 3.05) is 19.7 Å². The van der Waals surface area contributed by atoms with Crippen LogP contribution in [0.25, 0.3) is 0 Å². The summed E-state index contributed by atoms with van der Waals surface area (Å²) in [5.74, 6) is 0.747. The number of aromatic nitrogens is 2. The predicted molar refractivity (Wildman–Crippen MR) is 127 cm³/mol. The van der Waals surface area contributed by atoms with E-state index >= 15 is 0 Å². The molecule has 1 aliphatic rings. The first-order valence-electron chi connectivity index (χ1n) is 11.5. The Morgan fingerprint density at radius 1 is 1.24 bits per heavy atom. The maximum Gasteiger partial charge on any atom is 0.410 e. The number of ether oxygens (including phenoxy) is 2. The minimum absolute atomic E-state index is 0.193. The number of carbonyl (C=O) groups is 1. The van der Waals surface area contributed by atoms with Crippen molar-refractivity contribution in [2.45, 2.75) is 39.1 Å². The lowest BCUT2D eigenvalue weighted by molar-refractivity contribution is 0.102. The first-order valence-corrected chi connectivity index (χ1v) is 11.5. The van der Waals surface area contributed by atoms with Gasteiger partial charge in [-0.1, -0.05) is 30.3 Å². The van der Waals surface area contributed by atoms with Crippen molar-refractivity contribution in [1.29, 1.82) is 5.26 Å². The summed E-state index contributed by atoms with van der Waals surface area (Å²) in [5.41, 5.74) is 3.69.